The van der Waals surface area contributed by atoms with Crippen LogP contribution in [0.5, 0.6) is 0 Å². The smallest absolute Gasteiger partial charge is 0.339 e. The van der Waals surface area contributed by atoms with Crippen LogP contribution in [0, 0.1) is 40.4 Å². The molecule has 13 rings (SSSR count). The average Bonchev–Trinajstić information content (AvgIpc) is 3.60. The number of hydrogen-bond donors (Lipinski definition) is 2. The zero-order chi connectivity index (χ0) is 36.4. The van der Waals surface area contributed by atoms with Crippen molar-refractivity contribution in [1.29, 1.82) is 0 Å². The van der Waals surface area contributed by atoms with Gasteiger partial charge in [0.25, 0.3) is 0 Å². The summed E-state index contributed by atoms with van der Waals surface area (Å²) in [6.45, 7) is 10.4. The largest absolute Gasteiger partial charge is 0.509 e. The molecule has 0 aromatic heterocycles. The van der Waals surface area contributed by atoms with Gasteiger partial charge in [-0.1, -0.05) is 75.6 Å². The second-order valence-corrected chi connectivity index (χ2v) is 18.3. The summed E-state index contributed by atoms with van der Waals surface area (Å²) in [4.78, 5) is 34.9. The van der Waals surface area contributed by atoms with Gasteiger partial charge in [0, 0.05) is 55.2 Å². The minimum absolute atomic E-state index is 0.128. The second-order valence-electron chi connectivity index (χ2n) is 18.3. The highest BCUT2D eigenvalue weighted by Crippen LogP contribution is 2.85. The third-order valence-corrected chi connectivity index (χ3v) is 15.6. The topological polar surface area (TPSA) is 105 Å². The fraction of sp³-hybridized carbons (Fsp3) is 0.644. The average molecular weight is 720 g/mol. The van der Waals surface area contributed by atoms with Gasteiger partial charge in [-0.3, -0.25) is 9.69 Å². The first-order valence-corrected chi connectivity index (χ1v) is 21.1. The Balaban J connectivity index is 1.23. The molecule has 2 spiro atoms. The van der Waals surface area contributed by atoms with Crippen LogP contribution in [0.15, 0.2) is 64.8 Å². The van der Waals surface area contributed by atoms with E-state index in [4.69, 9.17) is 15.2 Å². The SMILES string of the molecule is CCCC1CC(O)=C2OC(=O)C34C=C(CCC23C2(OC(=O)c3c(CCCN)cccc32)C4CCC)C2CC(C)CC3=C2N2CC4CC(CN1C4)C2C=C3. The van der Waals surface area contributed by atoms with E-state index in [-0.39, 0.29) is 35.6 Å². The number of ether oxygens (including phenoxy) is 2. The summed E-state index contributed by atoms with van der Waals surface area (Å²) in [6, 6.07) is 6.65. The number of carbonyl (C=O) groups excluding carboxylic acids is 2. The van der Waals surface area contributed by atoms with Gasteiger partial charge in [0.05, 0.1) is 17.0 Å². The number of aliphatic hydroxyl groups is 1. The van der Waals surface area contributed by atoms with E-state index < -0.39 is 16.4 Å². The first-order valence-electron chi connectivity index (χ1n) is 21.1. The molecule has 3 N–H and O–H groups in total. The molecule has 0 amide bonds. The highest BCUT2D eigenvalue weighted by molar-refractivity contribution is 5.99. The molecule has 11 atom stereocenters. The molecule has 3 saturated heterocycles. The molecule has 1 aromatic rings. The number of rotatable bonds is 7. The van der Waals surface area contributed by atoms with Crippen LogP contribution in [0.2, 0.25) is 0 Å². The van der Waals surface area contributed by atoms with Gasteiger partial charge in [0.2, 0.25) is 0 Å². The Labute approximate surface area is 314 Å². The molecule has 12 aliphatic rings. The summed E-state index contributed by atoms with van der Waals surface area (Å²) >= 11 is 0. The van der Waals surface area contributed by atoms with E-state index in [1.807, 2.05) is 12.1 Å². The van der Waals surface area contributed by atoms with Crippen molar-refractivity contribution in [3.63, 3.8) is 0 Å². The van der Waals surface area contributed by atoms with Gasteiger partial charge in [0.15, 0.2) is 11.4 Å². The lowest BCUT2D eigenvalue weighted by molar-refractivity contribution is -0.272. The number of piperidine rings is 2. The molecule has 9 heterocycles. The number of nitrogens with zero attached hydrogens (tertiary/aromatic N) is 2. The van der Waals surface area contributed by atoms with Gasteiger partial charge in [0.1, 0.15) is 11.2 Å². The monoisotopic (exact) mass is 719 g/mol. The molecule has 11 unspecified atom stereocenters. The summed E-state index contributed by atoms with van der Waals surface area (Å²) in [6.07, 6.45) is 17.5. The van der Waals surface area contributed by atoms with Gasteiger partial charge in [-0.05, 0) is 93.2 Å². The summed E-state index contributed by atoms with van der Waals surface area (Å²) in [7, 11) is 0. The van der Waals surface area contributed by atoms with E-state index >= 15 is 4.79 Å². The number of esters is 2. The summed E-state index contributed by atoms with van der Waals surface area (Å²) in [5.41, 5.74) is 9.60. The fourth-order valence-corrected chi connectivity index (χ4v) is 13.9. The van der Waals surface area contributed by atoms with E-state index in [0.717, 1.165) is 75.7 Å². The van der Waals surface area contributed by atoms with Gasteiger partial charge in [-0.2, -0.15) is 0 Å². The van der Waals surface area contributed by atoms with Crippen molar-refractivity contribution in [1.82, 2.24) is 9.80 Å². The van der Waals surface area contributed by atoms with Crippen LogP contribution in [0.3, 0.4) is 0 Å². The minimum atomic E-state index is -1.11. The van der Waals surface area contributed by atoms with Crippen LogP contribution in [-0.2, 0) is 26.3 Å². The summed E-state index contributed by atoms with van der Waals surface area (Å²) < 4.78 is 13.5. The molecular formula is C45H57N3O5. The molecule has 53 heavy (non-hydrogen) atoms. The summed E-state index contributed by atoms with van der Waals surface area (Å²) in [5, 5.41) is 12.6. The number of aliphatic hydroxyl groups excluding tert-OH is 1. The molecule has 4 fully saturated rings. The van der Waals surface area contributed by atoms with E-state index in [1.165, 1.54) is 23.3 Å². The first kappa shape index (κ1) is 34.2. The fourth-order valence-electron chi connectivity index (χ4n) is 13.9. The maximum atomic E-state index is 15.1. The van der Waals surface area contributed by atoms with Gasteiger partial charge in [-0.25, -0.2) is 4.79 Å². The molecule has 1 saturated carbocycles. The van der Waals surface area contributed by atoms with Crippen molar-refractivity contribution in [2.24, 2.45) is 46.2 Å². The van der Waals surface area contributed by atoms with Gasteiger partial charge in [-0.15, -0.1) is 0 Å². The lowest BCUT2D eigenvalue weighted by Gasteiger charge is -2.69. The van der Waals surface area contributed by atoms with Crippen LogP contribution in [0.4, 0.5) is 0 Å². The number of fused-ring (bicyclic) bond motifs is 2. The normalized spacial score (nSPS) is 41.6. The van der Waals surface area contributed by atoms with Crippen LogP contribution in [-0.4, -0.2) is 65.1 Å². The Bertz CT molecular complexity index is 1890. The molecule has 3 aliphatic carbocycles. The van der Waals surface area contributed by atoms with Crippen LogP contribution in [0.25, 0.3) is 0 Å². The number of hydrogen-bond acceptors (Lipinski definition) is 8. The number of allylic oxidation sites excluding steroid dienone is 3. The summed E-state index contributed by atoms with van der Waals surface area (Å²) in [5.74, 6) is 1.55. The van der Waals surface area contributed by atoms with Crippen molar-refractivity contribution in [2.45, 2.75) is 116 Å². The zero-order valence-electron chi connectivity index (χ0n) is 31.9. The maximum absolute atomic E-state index is 15.1. The zero-order valence-corrected chi connectivity index (χ0v) is 31.9. The Kier molecular flexibility index (Phi) is 7.78. The lowest BCUT2D eigenvalue weighted by Crippen LogP contribution is -2.75. The Morgan fingerprint density at radius 2 is 1.91 bits per heavy atom. The van der Waals surface area contributed by atoms with Gasteiger partial charge < -0.3 is 25.2 Å². The van der Waals surface area contributed by atoms with Crippen molar-refractivity contribution in [2.75, 3.05) is 26.2 Å². The minimum Gasteiger partial charge on any atom is -0.509 e. The van der Waals surface area contributed by atoms with Crippen LogP contribution < -0.4 is 5.73 Å². The van der Waals surface area contributed by atoms with Crippen LogP contribution >= 0.6 is 0 Å². The second kappa shape index (κ2) is 12.1. The molecule has 10 bridgehead atoms. The third kappa shape index (κ3) is 4.26. The molecule has 8 nitrogen and oxygen atoms in total. The van der Waals surface area contributed by atoms with Crippen molar-refractivity contribution in [3.8, 4) is 0 Å². The Hall–Kier alpha value is -3.36. The molecule has 1 aromatic carbocycles. The van der Waals surface area contributed by atoms with E-state index in [0.29, 0.717) is 67.3 Å². The van der Waals surface area contributed by atoms with E-state index in [9.17, 15) is 9.90 Å². The first-order chi connectivity index (χ1) is 25.7. The quantitative estimate of drug-likeness (QED) is 0.221. The lowest BCUT2D eigenvalue weighted by atomic mass is 9.31. The number of benzene rings is 1. The maximum Gasteiger partial charge on any atom is 0.339 e. The molecule has 0 radical (unpaired) electrons. The number of carbonyl (C=O) groups is 2. The van der Waals surface area contributed by atoms with E-state index in [2.05, 4.69) is 54.9 Å². The molecule has 8 heteroatoms. The Morgan fingerprint density at radius 3 is 2.72 bits per heavy atom. The predicted octanol–water partition coefficient (Wildman–Crippen LogP) is 7.46. The highest BCUT2D eigenvalue weighted by Gasteiger charge is 2.91. The van der Waals surface area contributed by atoms with Crippen LogP contribution in [0.1, 0.15) is 113 Å². The van der Waals surface area contributed by atoms with Gasteiger partial charge >= 0.3 is 11.9 Å². The van der Waals surface area contributed by atoms with Crippen molar-refractivity contribution >= 4 is 11.9 Å². The molecule has 282 valence electrons. The Morgan fingerprint density at radius 1 is 1.06 bits per heavy atom. The number of aryl methyl sites for hydroxylation is 1. The number of nitrogens with two attached hydrogens (primary N) is 1. The predicted molar refractivity (Wildman–Crippen MR) is 202 cm³/mol. The van der Waals surface area contributed by atoms with Crippen molar-refractivity contribution in [3.05, 3.63) is 81.5 Å². The highest BCUT2D eigenvalue weighted by atomic mass is 16.6. The van der Waals surface area contributed by atoms with Crippen molar-refractivity contribution < 1.29 is 24.2 Å². The molecule has 9 aliphatic heterocycles. The van der Waals surface area contributed by atoms with E-state index in [1.54, 1.807) is 0 Å². The standard InChI is InChI=1S/C45H57N3O5/c1-4-8-32-21-36(49)40-44-16-15-30(33-19-26(3)18-29-13-14-35-31-20-27(23-47(32)25-31)24-48(35)39(29)33)22-43(44,42(51)52-40)37(9-5-2)45(44)34-12-6-10-28(11-7-17-46)38(34)41(50)53-45/h6,10,12-14,22,26-27,31-33,35,37,49H,4-5,7-9,11,15-21,23-25,46H2,1-3H3. The molecular weight excluding hydrogens is 663 g/mol. The third-order valence-electron chi connectivity index (χ3n) is 15.6.